The lowest BCUT2D eigenvalue weighted by molar-refractivity contribution is -0.115. The summed E-state index contributed by atoms with van der Waals surface area (Å²) in [6.07, 6.45) is 3.31. The second-order valence-corrected chi connectivity index (χ2v) is 6.21. The maximum atomic E-state index is 12.2. The molecule has 1 aromatic heterocycles. The summed E-state index contributed by atoms with van der Waals surface area (Å²) in [5.74, 6) is 0.409. The maximum Gasteiger partial charge on any atom is 0.251 e. The van der Waals surface area contributed by atoms with E-state index in [0.29, 0.717) is 29.3 Å². The number of benzene rings is 2. The zero-order valence-electron chi connectivity index (χ0n) is 14.9. The molecule has 28 heavy (non-hydrogen) atoms. The summed E-state index contributed by atoms with van der Waals surface area (Å²) in [7, 11) is 0. The normalized spacial score (nSPS) is 11.9. The van der Waals surface area contributed by atoms with Crippen LogP contribution in [0.4, 0.5) is 5.69 Å². The molecular formula is C20H18N4O4. The van der Waals surface area contributed by atoms with E-state index in [-0.39, 0.29) is 25.2 Å². The van der Waals surface area contributed by atoms with Gasteiger partial charge in [-0.3, -0.25) is 14.3 Å². The number of ether oxygens (including phenoxy) is 2. The molecule has 4 rings (SSSR count). The van der Waals surface area contributed by atoms with Crippen molar-refractivity contribution in [3.05, 3.63) is 72.1 Å². The Labute approximate surface area is 161 Å². The highest BCUT2D eigenvalue weighted by molar-refractivity contribution is 5.99. The number of nitrogens with one attached hydrogen (secondary N) is 2. The van der Waals surface area contributed by atoms with E-state index in [4.69, 9.17) is 9.47 Å². The summed E-state index contributed by atoms with van der Waals surface area (Å²) >= 11 is 0. The van der Waals surface area contributed by atoms with Crippen molar-refractivity contribution < 1.29 is 19.1 Å². The summed E-state index contributed by atoms with van der Waals surface area (Å²) in [4.78, 5) is 24.3. The summed E-state index contributed by atoms with van der Waals surface area (Å²) in [5.41, 5.74) is 2.07. The van der Waals surface area contributed by atoms with Gasteiger partial charge in [0.05, 0.1) is 25.0 Å². The van der Waals surface area contributed by atoms with Crippen LogP contribution in [0.5, 0.6) is 11.5 Å². The predicted molar refractivity (Wildman–Crippen MR) is 101 cm³/mol. The SMILES string of the molecule is O=C(CNC(=O)c1ccc2c(c1)OCO2)Nc1cnn(Cc2ccccc2)c1. The van der Waals surface area contributed by atoms with Gasteiger partial charge in [-0.15, -0.1) is 0 Å². The van der Waals surface area contributed by atoms with Crippen molar-refractivity contribution in [3.63, 3.8) is 0 Å². The Morgan fingerprint density at radius 2 is 1.89 bits per heavy atom. The number of hydrogen-bond donors (Lipinski definition) is 2. The summed E-state index contributed by atoms with van der Waals surface area (Å²) in [6.45, 7) is 0.593. The molecule has 0 atom stereocenters. The molecule has 0 saturated carbocycles. The third-order valence-corrected chi connectivity index (χ3v) is 4.15. The van der Waals surface area contributed by atoms with E-state index in [1.807, 2.05) is 30.3 Å². The maximum absolute atomic E-state index is 12.2. The number of carbonyl (C=O) groups is 2. The fourth-order valence-corrected chi connectivity index (χ4v) is 2.79. The van der Waals surface area contributed by atoms with E-state index in [0.717, 1.165) is 5.56 Å². The van der Waals surface area contributed by atoms with E-state index in [1.54, 1.807) is 35.3 Å². The molecule has 3 aromatic rings. The topological polar surface area (TPSA) is 94.5 Å². The van der Waals surface area contributed by atoms with E-state index < -0.39 is 0 Å². The van der Waals surface area contributed by atoms with Gasteiger partial charge in [0.2, 0.25) is 12.7 Å². The lowest BCUT2D eigenvalue weighted by Gasteiger charge is -2.06. The van der Waals surface area contributed by atoms with Crippen LogP contribution >= 0.6 is 0 Å². The molecule has 2 aromatic carbocycles. The highest BCUT2D eigenvalue weighted by Crippen LogP contribution is 2.32. The van der Waals surface area contributed by atoms with Gasteiger partial charge in [-0.2, -0.15) is 5.10 Å². The van der Waals surface area contributed by atoms with E-state index in [2.05, 4.69) is 15.7 Å². The smallest absolute Gasteiger partial charge is 0.251 e. The van der Waals surface area contributed by atoms with Gasteiger partial charge in [0.15, 0.2) is 11.5 Å². The van der Waals surface area contributed by atoms with Gasteiger partial charge >= 0.3 is 0 Å². The molecule has 0 fully saturated rings. The molecule has 8 heteroatoms. The zero-order chi connectivity index (χ0) is 19.3. The van der Waals surface area contributed by atoms with Crippen LogP contribution in [-0.4, -0.2) is 34.9 Å². The third kappa shape index (κ3) is 4.12. The highest BCUT2D eigenvalue weighted by atomic mass is 16.7. The van der Waals surface area contributed by atoms with Gasteiger partial charge in [-0.1, -0.05) is 30.3 Å². The van der Waals surface area contributed by atoms with Crippen molar-refractivity contribution in [1.82, 2.24) is 15.1 Å². The molecule has 0 spiro atoms. The quantitative estimate of drug-likeness (QED) is 0.684. The van der Waals surface area contributed by atoms with Gasteiger partial charge in [0.25, 0.3) is 5.91 Å². The third-order valence-electron chi connectivity index (χ3n) is 4.15. The molecule has 2 amide bonds. The zero-order valence-corrected chi connectivity index (χ0v) is 14.9. The molecule has 0 saturated heterocycles. The van der Waals surface area contributed by atoms with Crippen LogP contribution in [0.15, 0.2) is 60.9 Å². The minimum Gasteiger partial charge on any atom is -0.454 e. The molecule has 142 valence electrons. The van der Waals surface area contributed by atoms with Crippen molar-refractivity contribution in [2.75, 3.05) is 18.7 Å². The molecule has 2 heterocycles. The Balaban J connectivity index is 1.28. The Hall–Kier alpha value is -3.81. The van der Waals surface area contributed by atoms with Gasteiger partial charge < -0.3 is 20.1 Å². The number of nitrogens with zero attached hydrogens (tertiary/aromatic N) is 2. The van der Waals surface area contributed by atoms with Gasteiger partial charge in [-0.25, -0.2) is 0 Å². The first kappa shape index (κ1) is 17.6. The Bertz CT molecular complexity index is 1000. The van der Waals surface area contributed by atoms with Crippen LogP contribution in [0, 0.1) is 0 Å². The second-order valence-electron chi connectivity index (χ2n) is 6.21. The molecule has 0 bridgehead atoms. The highest BCUT2D eigenvalue weighted by Gasteiger charge is 2.16. The van der Waals surface area contributed by atoms with Crippen LogP contribution in [0.3, 0.4) is 0 Å². The fourth-order valence-electron chi connectivity index (χ4n) is 2.79. The van der Waals surface area contributed by atoms with Crippen LogP contribution in [0.1, 0.15) is 15.9 Å². The molecule has 2 N–H and O–H groups in total. The van der Waals surface area contributed by atoms with E-state index in [9.17, 15) is 9.59 Å². The number of anilines is 1. The first-order valence-electron chi connectivity index (χ1n) is 8.71. The number of amides is 2. The van der Waals surface area contributed by atoms with Crippen LogP contribution in [-0.2, 0) is 11.3 Å². The van der Waals surface area contributed by atoms with Crippen molar-refractivity contribution in [3.8, 4) is 11.5 Å². The molecular weight excluding hydrogens is 360 g/mol. The number of hydrogen-bond acceptors (Lipinski definition) is 5. The van der Waals surface area contributed by atoms with Gasteiger partial charge in [0, 0.05) is 11.8 Å². The molecule has 0 radical (unpaired) electrons. The monoisotopic (exact) mass is 378 g/mol. The van der Waals surface area contributed by atoms with E-state index in [1.165, 1.54) is 0 Å². The summed E-state index contributed by atoms with van der Waals surface area (Å²) < 4.78 is 12.2. The Kier molecular flexibility index (Phi) is 4.92. The summed E-state index contributed by atoms with van der Waals surface area (Å²) in [5, 5.41) is 9.53. The average molecular weight is 378 g/mol. The molecule has 1 aliphatic heterocycles. The van der Waals surface area contributed by atoms with Crippen LogP contribution in [0.2, 0.25) is 0 Å². The number of carbonyl (C=O) groups excluding carboxylic acids is 2. The van der Waals surface area contributed by atoms with Crippen molar-refractivity contribution in [2.45, 2.75) is 6.54 Å². The number of fused-ring (bicyclic) bond motifs is 1. The van der Waals surface area contributed by atoms with Crippen molar-refractivity contribution >= 4 is 17.5 Å². The van der Waals surface area contributed by atoms with Crippen molar-refractivity contribution in [2.24, 2.45) is 0 Å². The number of aromatic nitrogens is 2. The average Bonchev–Trinajstić information content (AvgIpc) is 3.35. The molecule has 0 aliphatic carbocycles. The first-order valence-corrected chi connectivity index (χ1v) is 8.71. The lowest BCUT2D eigenvalue weighted by Crippen LogP contribution is -2.32. The van der Waals surface area contributed by atoms with Crippen LogP contribution < -0.4 is 20.1 Å². The summed E-state index contributed by atoms with van der Waals surface area (Å²) in [6, 6.07) is 14.8. The lowest BCUT2D eigenvalue weighted by atomic mass is 10.2. The molecule has 8 nitrogen and oxygen atoms in total. The Morgan fingerprint density at radius 1 is 1.07 bits per heavy atom. The molecule has 1 aliphatic rings. The fraction of sp³-hybridized carbons (Fsp3) is 0.150. The predicted octanol–water partition coefficient (Wildman–Crippen LogP) is 2.03. The van der Waals surface area contributed by atoms with Gasteiger partial charge in [0.1, 0.15) is 0 Å². The first-order chi connectivity index (χ1) is 13.7. The number of rotatable bonds is 6. The second kappa shape index (κ2) is 7.83. The largest absolute Gasteiger partial charge is 0.454 e. The minimum atomic E-state index is -0.367. The standard InChI is InChI=1S/C20H18N4O4/c25-19(10-21-20(26)15-6-7-17-18(8-15)28-13-27-17)23-16-9-22-24(12-16)11-14-4-2-1-3-5-14/h1-9,12H,10-11,13H2,(H,21,26)(H,23,25). The molecule has 0 unspecified atom stereocenters. The van der Waals surface area contributed by atoms with Gasteiger partial charge in [-0.05, 0) is 23.8 Å². The van der Waals surface area contributed by atoms with Crippen molar-refractivity contribution in [1.29, 1.82) is 0 Å². The van der Waals surface area contributed by atoms with E-state index >= 15 is 0 Å². The van der Waals surface area contributed by atoms with Crippen LogP contribution in [0.25, 0.3) is 0 Å². The minimum absolute atomic E-state index is 0.140. The Morgan fingerprint density at radius 3 is 2.75 bits per heavy atom.